The first-order chi connectivity index (χ1) is 7.56. The van der Waals surface area contributed by atoms with Gasteiger partial charge in [-0.1, -0.05) is 0 Å². The van der Waals surface area contributed by atoms with Crippen LogP contribution in [-0.4, -0.2) is 22.1 Å². The first-order valence-corrected chi connectivity index (χ1v) is 5.62. The molecule has 0 bridgehead atoms. The Balaban J connectivity index is 2.41. The number of hydrogen-bond donors (Lipinski definition) is 2. The molecular weight excluding hydrogens is 202 g/mol. The number of hydrazine groups is 1. The van der Waals surface area contributed by atoms with Crippen molar-refractivity contribution in [1.82, 2.24) is 9.97 Å². The zero-order chi connectivity index (χ0) is 11.8. The average Bonchev–Trinajstić information content (AvgIpc) is 2.59. The van der Waals surface area contributed by atoms with Gasteiger partial charge in [0.05, 0.1) is 0 Å². The fourth-order valence-electron chi connectivity index (χ4n) is 2.36. The Labute approximate surface area is 96.0 Å². The zero-order valence-corrected chi connectivity index (χ0v) is 10.1. The maximum absolute atomic E-state index is 5.43. The van der Waals surface area contributed by atoms with Crippen molar-refractivity contribution in [3.05, 3.63) is 11.9 Å². The summed E-state index contributed by atoms with van der Waals surface area (Å²) in [6.45, 7) is 7.54. The molecule has 0 aliphatic carbocycles. The molecule has 88 valence electrons. The van der Waals surface area contributed by atoms with E-state index in [1.165, 1.54) is 12.8 Å². The molecule has 0 unspecified atom stereocenters. The van der Waals surface area contributed by atoms with Crippen LogP contribution in [-0.2, 0) is 0 Å². The summed E-state index contributed by atoms with van der Waals surface area (Å²) in [5, 5.41) is 0. The van der Waals surface area contributed by atoms with Crippen LogP contribution in [0.5, 0.6) is 0 Å². The molecule has 1 aliphatic rings. The summed E-state index contributed by atoms with van der Waals surface area (Å²) in [4.78, 5) is 10.8. The Hall–Kier alpha value is -1.36. The molecule has 0 spiro atoms. The Morgan fingerprint density at radius 3 is 2.75 bits per heavy atom. The number of hydrogen-bond acceptors (Lipinski definition) is 5. The topological polar surface area (TPSA) is 67.1 Å². The molecule has 1 aliphatic heterocycles. The van der Waals surface area contributed by atoms with E-state index in [1.807, 2.05) is 6.92 Å². The number of rotatable bonds is 2. The van der Waals surface area contributed by atoms with Crippen molar-refractivity contribution in [3.63, 3.8) is 0 Å². The van der Waals surface area contributed by atoms with Gasteiger partial charge in [-0.3, -0.25) is 0 Å². The second kappa shape index (κ2) is 3.90. The Bertz CT molecular complexity index is 388. The molecule has 1 aromatic heterocycles. The lowest BCUT2D eigenvalue weighted by Crippen LogP contribution is -2.39. The van der Waals surface area contributed by atoms with Gasteiger partial charge in [-0.15, -0.1) is 0 Å². The van der Waals surface area contributed by atoms with Gasteiger partial charge < -0.3 is 10.3 Å². The number of nitrogens with zero attached hydrogens (tertiary/aromatic N) is 3. The lowest BCUT2D eigenvalue weighted by atomic mass is 10.0. The molecule has 0 atom stereocenters. The molecule has 5 heteroatoms. The van der Waals surface area contributed by atoms with Crippen molar-refractivity contribution in [2.75, 3.05) is 16.9 Å². The second-order valence-corrected chi connectivity index (χ2v) is 4.88. The molecular formula is C11H19N5. The van der Waals surface area contributed by atoms with Crippen LogP contribution in [0.3, 0.4) is 0 Å². The molecule has 2 heterocycles. The van der Waals surface area contributed by atoms with Gasteiger partial charge in [0.15, 0.2) is 0 Å². The molecule has 1 fully saturated rings. The zero-order valence-electron chi connectivity index (χ0n) is 10.1. The summed E-state index contributed by atoms with van der Waals surface area (Å²) in [6, 6.07) is 0. The quantitative estimate of drug-likeness (QED) is 0.584. The van der Waals surface area contributed by atoms with Crippen LogP contribution < -0.4 is 16.2 Å². The molecule has 0 amide bonds. The molecule has 0 radical (unpaired) electrons. The van der Waals surface area contributed by atoms with E-state index >= 15 is 0 Å². The van der Waals surface area contributed by atoms with E-state index in [2.05, 4.69) is 34.1 Å². The van der Waals surface area contributed by atoms with Gasteiger partial charge in [0.25, 0.3) is 0 Å². The third-order valence-corrected chi connectivity index (χ3v) is 3.35. The number of nitrogens with two attached hydrogens (primary N) is 1. The molecule has 1 saturated heterocycles. The minimum absolute atomic E-state index is 0.172. The summed E-state index contributed by atoms with van der Waals surface area (Å²) in [5.41, 5.74) is 3.79. The number of nitrogen functional groups attached to an aromatic ring is 1. The van der Waals surface area contributed by atoms with Crippen LogP contribution in [0.1, 0.15) is 32.3 Å². The standard InChI is InChI=1S/C11H19N5/c1-8-9(15-12)13-7-14-10(8)16-6-4-5-11(16,2)3/h7H,4-6,12H2,1-3H3,(H,13,14,15). The van der Waals surface area contributed by atoms with Crippen LogP contribution in [0.4, 0.5) is 11.6 Å². The SMILES string of the molecule is Cc1c(NN)ncnc1N1CCCC1(C)C. The minimum Gasteiger partial charge on any atom is -0.351 e. The van der Waals surface area contributed by atoms with E-state index in [4.69, 9.17) is 5.84 Å². The maximum Gasteiger partial charge on any atom is 0.148 e. The van der Waals surface area contributed by atoms with Crippen LogP contribution >= 0.6 is 0 Å². The number of nitrogens with one attached hydrogen (secondary N) is 1. The van der Waals surface area contributed by atoms with Crippen molar-refractivity contribution in [2.45, 2.75) is 39.2 Å². The van der Waals surface area contributed by atoms with Gasteiger partial charge >= 0.3 is 0 Å². The number of aromatic nitrogens is 2. The van der Waals surface area contributed by atoms with E-state index in [0.717, 1.165) is 17.9 Å². The van der Waals surface area contributed by atoms with E-state index in [0.29, 0.717) is 5.82 Å². The Morgan fingerprint density at radius 2 is 2.19 bits per heavy atom. The predicted molar refractivity (Wildman–Crippen MR) is 65.2 cm³/mol. The first kappa shape index (κ1) is 11.1. The van der Waals surface area contributed by atoms with Gasteiger partial charge in [0.2, 0.25) is 0 Å². The molecule has 5 nitrogen and oxygen atoms in total. The molecule has 1 aromatic rings. The highest BCUT2D eigenvalue weighted by Gasteiger charge is 2.33. The summed E-state index contributed by atoms with van der Waals surface area (Å²) >= 11 is 0. The van der Waals surface area contributed by atoms with Crippen molar-refractivity contribution in [2.24, 2.45) is 5.84 Å². The van der Waals surface area contributed by atoms with Crippen LogP contribution in [0, 0.1) is 6.92 Å². The van der Waals surface area contributed by atoms with E-state index < -0.39 is 0 Å². The van der Waals surface area contributed by atoms with Gasteiger partial charge in [-0.05, 0) is 33.6 Å². The highest BCUT2D eigenvalue weighted by Crippen LogP contribution is 2.34. The normalized spacial score (nSPS) is 18.9. The third kappa shape index (κ3) is 1.71. The molecule has 0 aromatic carbocycles. The highest BCUT2D eigenvalue weighted by atomic mass is 15.3. The van der Waals surface area contributed by atoms with Crippen LogP contribution in [0.2, 0.25) is 0 Å². The molecule has 2 rings (SSSR count). The molecule has 3 N–H and O–H groups in total. The smallest absolute Gasteiger partial charge is 0.148 e. The van der Waals surface area contributed by atoms with E-state index in [9.17, 15) is 0 Å². The van der Waals surface area contributed by atoms with Gasteiger partial charge in [0, 0.05) is 17.6 Å². The van der Waals surface area contributed by atoms with Crippen LogP contribution in [0.15, 0.2) is 6.33 Å². The molecule has 0 saturated carbocycles. The van der Waals surface area contributed by atoms with Crippen molar-refractivity contribution in [1.29, 1.82) is 0 Å². The van der Waals surface area contributed by atoms with Gasteiger partial charge in [-0.25, -0.2) is 15.8 Å². The average molecular weight is 221 g/mol. The van der Waals surface area contributed by atoms with Crippen LogP contribution in [0.25, 0.3) is 0 Å². The summed E-state index contributed by atoms with van der Waals surface area (Å²) in [6.07, 6.45) is 3.97. The minimum atomic E-state index is 0.172. The third-order valence-electron chi connectivity index (χ3n) is 3.35. The predicted octanol–water partition coefficient (Wildman–Crippen LogP) is 1.45. The first-order valence-electron chi connectivity index (χ1n) is 5.62. The van der Waals surface area contributed by atoms with Crippen molar-refractivity contribution < 1.29 is 0 Å². The largest absolute Gasteiger partial charge is 0.351 e. The van der Waals surface area contributed by atoms with E-state index in [1.54, 1.807) is 6.33 Å². The fraction of sp³-hybridized carbons (Fsp3) is 0.636. The van der Waals surface area contributed by atoms with Crippen molar-refractivity contribution >= 4 is 11.6 Å². The lowest BCUT2D eigenvalue weighted by molar-refractivity contribution is 0.513. The van der Waals surface area contributed by atoms with Gasteiger partial charge in [0.1, 0.15) is 18.0 Å². The van der Waals surface area contributed by atoms with E-state index in [-0.39, 0.29) is 5.54 Å². The second-order valence-electron chi connectivity index (χ2n) is 4.88. The Kier molecular flexibility index (Phi) is 2.71. The molecule has 16 heavy (non-hydrogen) atoms. The summed E-state index contributed by atoms with van der Waals surface area (Å²) in [5.74, 6) is 7.12. The highest BCUT2D eigenvalue weighted by molar-refractivity contribution is 5.59. The Morgan fingerprint density at radius 1 is 1.44 bits per heavy atom. The fourth-order valence-corrected chi connectivity index (χ4v) is 2.36. The van der Waals surface area contributed by atoms with Crippen molar-refractivity contribution in [3.8, 4) is 0 Å². The van der Waals surface area contributed by atoms with Gasteiger partial charge in [-0.2, -0.15) is 0 Å². The lowest BCUT2D eigenvalue weighted by Gasteiger charge is -2.33. The monoisotopic (exact) mass is 221 g/mol. The number of anilines is 2. The summed E-state index contributed by atoms with van der Waals surface area (Å²) in [7, 11) is 0. The summed E-state index contributed by atoms with van der Waals surface area (Å²) < 4.78 is 0. The maximum atomic E-state index is 5.43.